The van der Waals surface area contributed by atoms with E-state index in [1.807, 2.05) is 37.3 Å². The van der Waals surface area contributed by atoms with Gasteiger partial charge in [-0.05, 0) is 12.0 Å². The maximum atomic E-state index is 11.7. The van der Waals surface area contributed by atoms with Gasteiger partial charge in [0, 0.05) is 13.0 Å². The van der Waals surface area contributed by atoms with E-state index in [0.717, 1.165) is 18.4 Å². The average molecular weight is 278 g/mol. The molecule has 110 valence electrons. The Labute approximate surface area is 119 Å². The maximum absolute atomic E-state index is 11.7. The van der Waals surface area contributed by atoms with Crippen molar-refractivity contribution in [2.75, 3.05) is 13.7 Å². The van der Waals surface area contributed by atoms with E-state index in [4.69, 9.17) is 4.74 Å². The number of urea groups is 1. The van der Waals surface area contributed by atoms with Gasteiger partial charge in [0.05, 0.1) is 7.11 Å². The minimum atomic E-state index is -0.677. The van der Waals surface area contributed by atoms with Gasteiger partial charge in [0.15, 0.2) is 0 Å². The highest BCUT2D eigenvalue weighted by Crippen LogP contribution is 2.04. The van der Waals surface area contributed by atoms with Crippen molar-refractivity contribution in [2.24, 2.45) is 0 Å². The summed E-state index contributed by atoms with van der Waals surface area (Å²) in [5.74, 6) is -0.445. The van der Waals surface area contributed by atoms with Crippen molar-refractivity contribution in [1.82, 2.24) is 10.6 Å². The molecule has 5 heteroatoms. The van der Waals surface area contributed by atoms with Gasteiger partial charge >= 0.3 is 12.0 Å². The molecular weight excluding hydrogens is 256 g/mol. The van der Waals surface area contributed by atoms with Crippen LogP contribution in [0.15, 0.2) is 30.3 Å². The zero-order valence-electron chi connectivity index (χ0n) is 12.0. The number of ether oxygens (including phenoxy) is 1. The van der Waals surface area contributed by atoms with Crippen LogP contribution in [0.5, 0.6) is 0 Å². The molecule has 0 aromatic heterocycles. The number of hydrogen-bond acceptors (Lipinski definition) is 3. The minimum absolute atomic E-state index is 0.343. The molecule has 20 heavy (non-hydrogen) atoms. The quantitative estimate of drug-likeness (QED) is 0.591. The summed E-state index contributed by atoms with van der Waals surface area (Å²) in [6, 6.07) is 8.49. The molecule has 1 rings (SSSR count). The summed E-state index contributed by atoms with van der Waals surface area (Å²) in [6.45, 7) is 2.65. The molecule has 0 spiro atoms. The van der Waals surface area contributed by atoms with Crippen LogP contribution in [0, 0.1) is 0 Å². The van der Waals surface area contributed by atoms with E-state index in [1.54, 1.807) is 0 Å². The predicted octanol–water partition coefficient (Wildman–Crippen LogP) is 1.87. The summed E-state index contributed by atoms with van der Waals surface area (Å²) in [6.07, 6.45) is 2.33. The number of methoxy groups -OCH3 is 1. The number of carbonyl (C=O) groups is 2. The topological polar surface area (TPSA) is 67.4 Å². The van der Waals surface area contributed by atoms with E-state index in [9.17, 15) is 9.59 Å². The van der Waals surface area contributed by atoms with E-state index in [0.29, 0.717) is 13.0 Å². The molecule has 0 unspecified atom stereocenters. The number of rotatable bonds is 7. The number of unbranched alkanes of at least 4 members (excludes halogenated alkanes) is 1. The molecule has 1 aromatic rings. The summed E-state index contributed by atoms with van der Waals surface area (Å²) >= 11 is 0. The van der Waals surface area contributed by atoms with Gasteiger partial charge < -0.3 is 15.4 Å². The summed E-state index contributed by atoms with van der Waals surface area (Å²) in [7, 11) is 1.32. The molecule has 0 saturated heterocycles. The molecule has 0 radical (unpaired) electrons. The summed E-state index contributed by atoms with van der Waals surface area (Å²) in [5.41, 5.74) is 0.969. The monoisotopic (exact) mass is 278 g/mol. The van der Waals surface area contributed by atoms with Crippen LogP contribution >= 0.6 is 0 Å². The molecule has 0 bridgehead atoms. The van der Waals surface area contributed by atoms with E-state index < -0.39 is 12.0 Å². The van der Waals surface area contributed by atoms with Crippen molar-refractivity contribution in [1.29, 1.82) is 0 Å². The van der Waals surface area contributed by atoms with Gasteiger partial charge in [-0.1, -0.05) is 43.7 Å². The molecule has 5 nitrogen and oxygen atoms in total. The highest BCUT2D eigenvalue weighted by molar-refractivity contribution is 5.83. The van der Waals surface area contributed by atoms with Gasteiger partial charge in [-0.15, -0.1) is 0 Å². The van der Waals surface area contributed by atoms with Crippen LogP contribution in [0.25, 0.3) is 0 Å². The number of amides is 2. The van der Waals surface area contributed by atoms with E-state index >= 15 is 0 Å². The first-order valence-corrected chi connectivity index (χ1v) is 6.83. The summed E-state index contributed by atoms with van der Waals surface area (Å²) in [5, 5.41) is 5.37. The second-order valence-electron chi connectivity index (χ2n) is 4.52. The zero-order chi connectivity index (χ0) is 14.8. The van der Waals surface area contributed by atoms with Crippen LogP contribution in [0.1, 0.15) is 25.3 Å². The molecule has 2 N–H and O–H groups in total. The fraction of sp³-hybridized carbons (Fsp3) is 0.467. The highest BCUT2D eigenvalue weighted by Gasteiger charge is 2.21. The molecule has 0 aliphatic carbocycles. The van der Waals surface area contributed by atoms with Crippen LogP contribution in [-0.4, -0.2) is 31.7 Å². The lowest BCUT2D eigenvalue weighted by atomic mass is 10.1. The second kappa shape index (κ2) is 8.96. The SMILES string of the molecule is CCCCNC(=O)N[C@@H](Cc1ccccc1)C(=O)OC. The Balaban J connectivity index is 2.56. The van der Waals surface area contributed by atoms with Gasteiger partial charge in [-0.25, -0.2) is 9.59 Å². The molecule has 0 aliphatic heterocycles. The normalized spacial score (nSPS) is 11.5. The molecule has 0 fully saturated rings. The third kappa shape index (κ3) is 5.73. The van der Waals surface area contributed by atoms with Crippen molar-refractivity contribution in [2.45, 2.75) is 32.2 Å². The number of benzene rings is 1. The third-order valence-corrected chi connectivity index (χ3v) is 2.89. The smallest absolute Gasteiger partial charge is 0.328 e. The summed E-state index contributed by atoms with van der Waals surface area (Å²) < 4.78 is 4.73. The van der Waals surface area contributed by atoms with Crippen LogP contribution in [0.4, 0.5) is 4.79 Å². The van der Waals surface area contributed by atoms with Crippen LogP contribution < -0.4 is 10.6 Å². The highest BCUT2D eigenvalue weighted by atomic mass is 16.5. The van der Waals surface area contributed by atoms with Crippen molar-refractivity contribution < 1.29 is 14.3 Å². The zero-order valence-corrected chi connectivity index (χ0v) is 12.0. The minimum Gasteiger partial charge on any atom is -0.467 e. The van der Waals surface area contributed by atoms with Gasteiger partial charge in [0.1, 0.15) is 6.04 Å². The van der Waals surface area contributed by atoms with Gasteiger partial charge in [0.25, 0.3) is 0 Å². The fourth-order valence-corrected chi connectivity index (χ4v) is 1.77. The molecule has 1 atom stereocenters. The lowest BCUT2D eigenvalue weighted by Gasteiger charge is -2.17. The van der Waals surface area contributed by atoms with Crippen LogP contribution in [0.2, 0.25) is 0 Å². The Morgan fingerprint density at radius 3 is 2.55 bits per heavy atom. The predicted molar refractivity (Wildman–Crippen MR) is 77.4 cm³/mol. The Hall–Kier alpha value is -2.04. The molecule has 2 amide bonds. The van der Waals surface area contributed by atoms with E-state index in [2.05, 4.69) is 10.6 Å². The average Bonchev–Trinajstić information content (AvgIpc) is 2.47. The molecular formula is C15H22N2O3. The Morgan fingerprint density at radius 2 is 1.95 bits per heavy atom. The molecule has 0 aliphatic rings. The fourth-order valence-electron chi connectivity index (χ4n) is 1.77. The van der Waals surface area contributed by atoms with Gasteiger partial charge in [-0.3, -0.25) is 0 Å². The van der Waals surface area contributed by atoms with Crippen molar-refractivity contribution in [3.63, 3.8) is 0 Å². The van der Waals surface area contributed by atoms with E-state index in [-0.39, 0.29) is 6.03 Å². The second-order valence-corrected chi connectivity index (χ2v) is 4.52. The summed E-state index contributed by atoms with van der Waals surface area (Å²) in [4.78, 5) is 23.4. The van der Waals surface area contributed by atoms with E-state index in [1.165, 1.54) is 7.11 Å². The van der Waals surface area contributed by atoms with Crippen molar-refractivity contribution in [3.8, 4) is 0 Å². The first kappa shape index (κ1) is 16.0. The number of nitrogens with one attached hydrogen (secondary N) is 2. The van der Waals surface area contributed by atoms with Gasteiger partial charge in [-0.2, -0.15) is 0 Å². The number of carbonyl (C=O) groups excluding carboxylic acids is 2. The van der Waals surface area contributed by atoms with Crippen LogP contribution in [-0.2, 0) is 16.0 Å². The molecule has 0 heterocycles. The number of esters is 1. The van der Waals surface area contributed by atoms with Crippen molar-refractivity contribution >= 4 is 12.0 Å². The first-order valence-electron chi connectivity index (χ1n) is 6.83. The van der Waals surface area contributed by atoms with Crippen LogP contribution in [0.3, 0.4) is 0 Å². The Kier molecular flexibility index (Phi) is 7.17. The first-order chi connectivity index (χ1) is 9.67. The standard InChI is InChI=1S/C15H22N2O3/c1-3-4-10-16-15(19)17-13(14(18)20-2)11-12-8-6-5-7-9-12/h5-9,13H,3-4,10-11H2,1-2H3,(H2,16,17,19)/t13-/m0/s1. The maximum Gasteiger partial charge on any atom is 0.328 e. The van der Waals surface area contributed by atoms with Crippen molar-refractivity contribution in [3.05, 3.63) is 35.9 Å². The van der Waals surface area contributed by atoms with Gasteiger partial charge in [0.2, 0.25) is 0 Å². The molecule has 0 saturated carbocycles. The lowest BCUT2D eigenvalue weighted by Crippen LogP contribution is -2.47. The third-order valence-electron chi connectivity index (χ3n) is 2.89. The largest absolute Gasteiger partial charge is 0.467 e. The molecule has 1 aromatic carbocycles. The lowest BCUT2D eigenvalue weighted by molar-refractivity contribution is -0.142. The Bertz CT molecular complexity index is 420. The Morgan fingerprint density at radius 1 is 1.25 bits per heavy atom. The number of hydrogen-bond donors (Lipinski definition) is 2.